The molecule has 0 aliphatic carbocycles. The summed E-state index contributed by atoms with van der Waals surface area (Å²) < 4.78 is 10.5. The van der Waals surface area contributed by atoms with Crippen LogP contribution in [0.4, 0.5) is 0 Å². The Balaban J connectivity index is 2.01. The Morgan fingerprint density at radius 2 is 1.95 bits per heavy atom. The third-order valence-corrected chi connectivity index (χ3v) is 3.47. The highest BCUT2D eigenvalue weighted by Gasteiger charge is 2.19. The molecule has 120 valence electrons. The van der Waals surface area contributed by atoms with Gasteiger partial charge >= 0.3 is 0 Å². The van der Waals surface area contributed by atoms with Gasteiger partial charge in [0.2, 0.25) is 11.7 Å². The van der Waals surface area contributed by atoms with Crippen molar-refractivity contribution < 1.29 is 9.26 Å². The molecule has 22 heavy (non-hydrogen) atoms. The van der Waals surface area contributed by atoms with Crippen LogP contribution in [0.25, 0.3) is 11.4 Å². The molecule has 2 rings (SSSR count). The molecule has 0 fully saturated rings. The summed E-state index contributed by atoms with van der Waals surface area (Å²) in [5, 5.41) is 4.03. The number of nitrogens with zero attached hydrogens (tertiary/aromatic N) is 3. The van der Waals surface area contributed by atoms with Crippen LogP contribution in [0.5, 0.6) is 5.75 Å². The van der Waals surface area contributed by atoms with Crippen LogP contribution in [0.15, 0.2) is 28.8 Å². The summed E-state index contributed by atoms with van der Waals surface area (Å²) in [7, 11) is 3.66. The van der Waals surface area contributed by atoms with Crippen molar-refractivity contribution in [1.29, 1.82) is 0 Å². The lowest BCUT2D eigenvalue weighted by Crippen LogP contribution is -2.36. The van der Waals surface area contributed by atoms with Gasteiger partial charge in [0.1, 0.15) is 5.75 Å². The first kappa shape index (κ1) is 16.5. The molecule has 0 aliphatic rings. The SMILES string of the molecule is COc1ccc(-c2noc(CN(C)CC(C)(C)CN)n2)cc1. The van der Waals surface area contributed by atoms with Gasteiger partial charge in [-0.2, -0.15) is 4.98 Å². The van der Waals surface area contributed by atoms with Crippen LogP contribution >= 0.6 is 0 Å². The van der Waals surface area contributed by atoms with Crippen LogP contribution in [0.1, 0.15) is 19.7 Å². The smallest absolute Gasteiger partial charge is 0.241 e. The number of benzene rings is 1. The minimum atomic E-state index is 0.0631. The van der Waals surface area contributed by atoms with E-state index in [0.29, 0.717) is 24.8 Å². The van der Waals surface area contributed by atoms with E-state index in [9.17, 15) is 0 Å². The molecule has 0 spiro atoms. The van der Waals surface area contributed by atoms with Crippen molar-refractivity contribution in [1.82, 2.24) is 15.0 Å². The summed E-state index contributed by atoms with van der Waals surface area (Å²) in [6.07, 6.45) is 0. The van der Waals surface area contributed by atoms with Crippen LogP contribution in [0.2, 0.25) is 0 Å². The molecule has 1 aromatic carbocycles. The lowest BCUT2D eigenvalue weighted by molar-refractivity contribution is 0.189. The first-order valence-corrected chi connectivity index (χ1v) is 7.29. The molecule has 2 N–H and O–H groups in total. The van der Waals surface area contributed by atoms with Crippen LogP contribution in [-0.4, -0.2) is 42.3 Å². The van der Waals surface area contributed by atoms with Gasteiger partial charge in [-0.1, -0.05) is 19.0 Å². The van der Waals surface area contributed by atoms with E-state index >= 15 is 0 Å². The average molecular weight is 304 g/mol. The number of nitrogens with two attached hydrogens (primary N) is 1. The predicted molar refractivity (Wildman–Crippen MR) is 85.5 cm³/mol. The maximum atomic E-state index is 5.76. The molecule has 0 saturated carbocycles. The van der Waals surface area contributed by atoms with Gasteiger partial charge in [0.25, 0.3) is 0 Å². The minimum absolute atomic E-state index is 0.0631. The van der Waals surface area contributed by atoms with E-state index in [0.717, 1.165) is 17.9 Å². The molecule has 6 heteroatoms. The maximum Gasteiger partial charge on any atom is 0.241 e. The van der Waals surface area contributed by atoms with Crippen molar-refractivity contribution in [2.45, 2.75) is 20.4 Å². The number of hydrogen-bond donors (Lipinski definition) is 1. The van der Waals surface area contributed by atoms with Crippen LogP contribution in [0.3, 0.4) is 0 Å². The fourth-order valence-electron chi connectivity index (χ4n) is 2.26. The zero-order chi connectivity index (χ0) is 16.2. The fourth-order valence-corrected chi connectivity index (χ4v) is 2.26. The first-order valence-electron chi connectivity index (χ1n) is 7.29. The molecule has 6 nitrogen and oxygen atoms in total. The summed E-state index contributed by atoms with van der Waals surface area (Å²) in [4.78, 5) is 6.58. The van der Waals surface area contributed by atoms with E-state index in [-0.39, 0.29) is 5.41 Å². The van der Waals surface area contributed by atoms with Crippen LogP contribution in [0, 0.1) is 5.41 Å². The van der Waals surface area contributed by atoms with Gasteiger partial charge in [0, 0.05) is 12.1 Å². The van der Waals surface area contributed by atoms with E-state index in [4.69, 9.17) is 15.0 Å². The molecular formula is C16H24N4O2. The summed E-state index contributed by atoms with van der Waals surface area (Å²) in [5.41, 5.74) is 6.73. The summed E-state index contributed by atoms with van der Waals surface area (Å²) in [6.45, 7) is 6.38. The van der Waals surface area contributed by atoms with E-state index in [2.05, 4.69) is 28.9 Å². The standard InChI is InChI=1S/C16H24N4O2/c1-16(2,10-17)11-20(3)9-14-18-15(19-22-14)12-5-7-13(21-4)8-6-12/h5-8H,9-11,17H2,1-4H3. The molecule has 0 atom stereocenters. The number of aromatic nitrogens is 2. The number of methoxy groups -OCH3 is 1. The van der Waals surface area contributed by atoms with E-state index in [1.807, 2.05) is 31.3 Å². The lowest BCUT2D eigenvalue weighted by Gasteiger charge is -2.27. The highest BCUT2D eigenvalue weighted by Crippen LogP contribution is 2.20. The number of ether oxygens (including phenoxy) is 1. The van der Waals surface area contributed by atoms with E-state index < -0.39 is 0 Å². The van der Waals surface area contributed by atoms with Crippen molar-refractivity contribution in [3.63, 3.8) is 0 Å². The normalized spacial score (nSPS) is 11.9. The minimum Gasteiger partial charge on any atom is -0.497 e. The summed E-state index contributed by atoms with van der Waals surface area (Å²) in [5.74, 6) is 1.99. The Morgan fingerprint density at radius 1 is 1.27 bits per heavy atom. The van der Waals surface area contributed by atoms with Crippen molar-refractivity contribution in [2.24, 2.45) is 11.1 Å². The van der Waals surface area contributed by atoms with Crippen molar-refractivity contribution in [3.8, 4) is 17.1 Å². The Kier molecular flexibility index (Phi) is 5.15. The van der Waals surface area contributed by atoms with Gasteiger partial charge in [-0.05, 0) is 43.3 Å². The first-order chi connectivity index (χ1) is 10.4. The molecule has 2 aromatic rings. The quantitative estimate of drug-likeness (QED) is 0.844. The van der Waals surface area contributed by atoms with Gasteiger partial charge in [0.15, 0.2) is 0 Å². The third kappa shape index (κ3) is 4.29. The lowest BCUT2D eigenvalue weighted by atomic mass is 9.93. The Labute approximate surface area is 131 Å². The number of hydrogen-bond acceptors (Lipinski definition) is 6. The van der Waals surface area contributed by atoms with Crippen LogP contribution in [-0.2, 0) is 6.54 Å². The molecule has 0 bridgehead atoms. The van der Waals surface area contributed by atoms with Gasteiger partial charge in [0.05, 0.1) is 13.7 Å². The molecule has 0 radical (unpaired) electrons. The van der Waals surface area contributed by atoms with Crippen molar-refractivity contribution >= 4 is 0 Å². The number of rotatable bonds is 7. The zero-order valence-electron chi connectivity index (χ0n) is 13.7. The van der Waals surface area contributed by atoms with Crippen molar-refractivity contribution in [2.75, 3.05) is 27.2 Å². The molecule has 1 aromatic heterocycles. The topological polar surface area (TPSA) is 77.4 Å². The maximum absolute atomic E-state index is 5.76. The Morgan fingerprint density at radius 3 is 2.55 bits per heavy atom. The second kappa shape index (κ2) is 6.89. The van der Waals surface area contributed by atoms with Crippen molar-refractivity contribution in [3.05, 3.63) is 30.2 Å². The zero-order valence-corrected chi connectivity index (χ0v) is 13.7. The average Bonchev–Trinajstić information content (AvgIpc) is 2.95. The molecular weight excluding hydrogens is 280 g/mol. The molecule has 0 saturated heterocycles. The molecule has 0 unspecified atom stereocenters. The van der Waals surface area contributed by atoms with Gasteiger partial charge < -0.3 is 15.0 Å². The predicted octanol–water partition coefficient (Wildman–Crippen LogP) is 2.16. The Hall–Kier alpha value is -1.92. The van der Waals surface area contributed by atoms with Crippen LogP contribution < -0.4 is 10.5 Å². The molecule has 0 aliphatic heterocycles. The second-order valence-corrected chi connectivity index (χ2v) is 6.28. The highest BCUT2D eigenvalue weighted by molar-refractivity contribution is 5.55. The molecule has 1 heterocycles. The largest absolute Gasteiger partial charge is 0.497 e. The summed E-state index contributed by atoms with van der Waals surface area (Å²) >= 11 is 0. The van der Waals surface area contributed by atoms with E-state index in [1.165, 1.54) is 0 Å². The second-order valence-electron chi connectivity index (χ2n) is 6.28. The van der Waals surface area contributed by atoms with E-state index in [1.54, 1.807) is 7.11 Å². The van der Waals surface area contributed by atoms with Gasteiger partial charge in [-0.3, -0.25) is 4.90 Å². The highest BCUT2D eigenvalue weighted by atomic mass is 16.5. The third-order valence-electron chi connectivity index (χ3n) is 3.47. The fraction of sp³-hybridized carbons (Fsp3) is 0.500. The molecule has 0 amide bonds. The van der Waals surface area contributed by atoms with Gasteiger partial charge in [-0.25, -0.2) is 0 Å². The van der Waals surface area contributed by atoms with Gasteiger partial charge in [-0.15, -0.1) is 0 Å². The monoisotopic (exact) mass is 304 g/mol. The summed E-state index contributed by atoms with van der Waals surface area (Å²) in [6, 6.07) is 7.58. The Bertz CT molecular complexity index is 592.